The van der Waals surface area contributed by atoms with E-state index in [1.165, 1.54) is 0 Å². The third-order valence-electron chi connectivity index (χ3n) is 2.12. The molecule has 0 aliphatic carbocycles. The van der Waals surface area contributed by atoms with E-state index in [0.29, 0.717) is 10.0 Å². The maximum absolute atomic E-state index is 5.91. The average Bonchev–Trinajstić information content (AvgIpc) is 2.58. The van der Waals surface area contributed by atoms with Crippen molar-refractivity contribution < 1.29 is 0 Å². The zero-order valence-corrected chi connectivity index (χ0v) is 9.78. The predicted octanol–water partition coefficient (Wildman–Crippen LogP) is 2.98. The summed E-state index contributed by atoms with van der Waals surface area (Å²) in [6, 6.07) is 3.56. The summed E-state index contributed by atoms with van der Waals surface area (Å²) < 4.78 is 0. The van der Waals surface area contributed by atoms with Crippen LogP contribution in [0.15, 0.2) is 12.1 Å². The summed E-state index contributed by atoms with van der Waals surface area (Å²) in [6.45, 7) is 3.69. The highest BCUT2D eigenvalue weighted by molar-refractivity contribution is 6.42. The molecule has 0 amide bonds. The predicted molar refractivity (Wildman–Crippen MR) is 63.5 cm³/mol. The largest absolute Gasteiger partial charge is 0.341 e. The van der Waals surface area contributed by atoms with Gasteiger partial charge in [0.1, 0.15) is 5.82 Å². The fourth-order valence-electron chi connectivity index (χ4n) is 1.38. The van der Waals surface area contributed by atoms with Crippen LogP contribution in [-0.4, -0.2) is 16.5 Å². The topological polar surface area (TPSA) is 40.7 Å². The number of hydrogen-bond donors (Lipinski definition) is 2. The molecule has 3 nitrogen and oxygen atoms in total. The molecule has 2 aromatic rings. The van der Waals surface area contributed by atoms with Gasteiger partial charge in [0.2, 0.25) is 0 Å². The van der Waals surface area contributed by atoms with Crippen LogP contribution in [0.25, 0.3) is 11.0 Å². The number of rotatable bonds is 3. The second kappa shape index (κ2) is 4.39. The van der Waals surface area contributed by atoms with Crippen LogP contribution in [0.4, 0.5) is 0 Å². The molecule has 80 valence electrons. The second-order valence-electron chi connectivity index (χ2n) is 3.25. The molecule has 2 N–H and O–H groups in total. The second-order valence-corrected chi connectivity index (χ2v) is 4.06. The lowest BCUT2D eigenvalue weighted by atomic mass is 10.3. The van der Waals surface area contributed by atoms with Crippen LogP contribution in [0.5, 0.6) is 0 Å². The summed E-state index contributed by atoms with van der Waals surface area (Å²) in [7, 11) is 0. The van der Waals surface area contributed by atoms with E-state index in [4.69, 9.17) is 23.2 Å². The first-order valence-electron chi connectivity index (χ1n) is 4.75. The van der Waals surface area contributed by atoms with Crippen molar-refractivity contribution in [2.45, 2.75) is 13.5 Å². The molecule has 1 heterocycles. The van der Waals surface area contributed by atoms with Crippen molar-refractivity contribution in [1.29, 1.82) is 0 Å². The van der Waals surface area contributed by atoms with Crippen LogP contribution in [0.2, 0.25) is 10.0 Å². The number of aromatic amines is 1. The minimum absolute atomic E-state index is 0.533. The fourth-order valence-corrected chi connectivity index (χ4v) is 1.71. The first-order chi connectivity index (χ1) is 7.20. The highest BCUT2D eigenvalue weighted by Gasteiger charge is 2.05. The number of nitrogens with zero attached hydrogens (tertiary/aromatic N) is 1. The smallest absolute Gasteiger partial charge is 0.121 e. The van der Waals surface area contributed by atoms with Crippen molar-refractivity contribution in [3.8, 4) is 0 Å². The van der Waals surface area contributed by atoms with E-state index < -0.39 is 0 Å². The van der Waals surface area contributed by atoms with Gasteiger partial charge in [-0.25, -0.2) is 4.98 Å². The number of H-pyrrole nitrogens is 1. The molecule has 0 atom stereocenters. The number of imidazole rings is 1. The van der Waals surface area contributed by atoms with E-state index >= 15 is 0 Å². The van der Waals surface area contributed by atoms with E-state index in [2.05, 4.69) is 22.2 Å². The molecule has 0 saturated heterocycles. The Morgan fingerprint density at radius 2 is 2.07 bits per heavy atom. The van der Waals surface area contributed by atoms with Gasteiger partial charge in [-0.1, -0.05) is 30.1 Å². The van der Waals surface area contributed by atoms with Crippen LogP contribution < -0.4 is 5.32 Å². The summed E-state index contributed by atoms with van der Waals surface area (Å²) in [5.74, 6) is 0.894. The lowest BCUT2D eigenvalue weighted by Crippen LogP contribution is -2.12. The summed E-state index contributed by atoms with van der Waals surface area (Å²) in [5.41, 5.74) is 1.76. The molecule has 0 spiro atoms. The molecule has 0 unspecified atom stereocenters. The van der Waals surface area contributed by atoms with Gasteiger partial charge in [0.05, 0.1) is 27.6 Å². The summed E-state index contributed by atoms with van der Waals surface area (Å²) >= 11 is 11.8. The van der Waals surface area contributed by atoms with E-state index in [9.17, 15) is 0 Å². The Morgan fingerprint density at radius 1 is 1.33 bits per heavy atom. The summed E-state index contributed by atoms with van der Waals surface area (Å²) in [4.78, 5) is 7.57. The third-order valence-corrected chi connectivity index (χ3v) is 2.84. The maximum Gasteiger partial charge on any atom is 0.121 e. The Labute approximate surface area is 97.8 Å². The van der Waals surface area contributed by atoms with E-state index in [0.717, 1.165) is 29.9 Å². The van der Waals surface area contributed by atoms with E-state index in [1.54, 1.807) is 12.1 Å². The van der Waals surface area contributed by atoms with Crippen LogP contribution in [-0.2, 0) is 6.54 Å². The standard InChI is InChI=1S/C10H11Cl2N3/c1-2-13-5-10-14-8-3-6(11)7(12)4-9(8)15-10/h3-4,13H,2,5H2,1H3,(H,14,15). The fraction of sp³-hybridized carbons (Fsp3) is 0.300. The Balaban J connectivity index is 2.38. The van der Waals surface area contributed by atoms with Crippen molar-refractivity contribution in [1.82, 2.24) is 15.3 Å². The molecule has 0 aliphatic heterocycles. The molecule has 0 radical (unpaired) electrons. The minimum atomic E-state index is 0.533. The Morgan fingerprint density at radius 3 is 2.80 bits per heavy atom. The number of halogens is 2. The van der Waals surface area contributed by atoms with Crippen molar-refractivity contribution in [2.75, 3.05) is 6.54 Å². The van der Waals surface area contributed by atoms with Gasteiger partial charge in [-0.15, -0.1) is 0 Å². The molecule has 2 rings (SSSR count). The van der Waals surface area contributed by atoms with Crippen LogP contribution >= 0.6 is 23.2 Å². The number of hydrogen-bond acceptors (Lipinski definition) is 2. The van der Waals surface area contributed by atoms with Crippen LogP contribution in [0, 0.1) is 0 Å². The van der Waals surface area contributed by atoms with Crippen molar-refractivity contribution >= 4 is 34.2 Å². The molecule has 0 aliphatic rings. The van der Waals surface area contributed by atoms with E-state index in [-0.39, 0.29) is 0 Å². The van der Waals surface area contributed by atoms with Crippen LogP contribution in [0.1, 0.15) is 12.7 Å². The highest BCUT2D eigenvalue weighted by Crippen LogP contribution is 2.26. The van der Waals surface area contributed by atoms with Crippen LogP contribution in [0.3, 0.4) is 0 Å². The van der Waals surface area contributed by atoms with E-state index in [1.807, 2.05) is 0 Å². The normalized spacial score (nSPS) is 11.1. The Hall–Kier alpha value is -0.770. The van der Waals surface area contributed by atoms with Crippen molar-refractivity contribution in [3.63, 3.8) is 0 Å². The zero-order valence-electron chi connectivity index (χ0n) is 8.27. The number of aromatic nitrogens is 2. The first-order valence-corrected chi connectivity index (χ1v) is 5.50. The molecule has 1 aromatic heterocycles. The maximum atomic E-state index is 5.91. The monoisotopic (exact) mass is 243 g/mol. The molecule has 0 fully saturated rings. The quantitative estimate of drug-likeness (QED) is 0.871. The van der Waals surface area contributed by atoms with Gasteiger partial charge in [0, 0.05) is 0 Å². The lowest BCUT2D eigenvalue weighted by molar-refractivity contribution is 0.700. The van der Waals surface area contributed by atoms with Gasteiger partial charge in [-0.05, 0) is 18.7 Å². The minimum Gasteiger partial charge on any atom is -0.341 e. The first kappa shape index (κ1) is 10.7. The van der Waals surface area contributed by atoms with Gasteiger partial charge in [0.15, 0.2) is 0 Å². The Kier molecular flexibility index (Phi) is 3.14. The number of fused-ring (bicyclic) bond motifs is 1. The molecule has 1 aromatic carbocycles. The zero-order chi connectivity index (χ0) is 10.8. The number of benzene rings is 1. The molecule has 5 heteroatoms. The Bertz CT molecular complexity index is 440. The molecular weight excluding hydrogens is 233 g/mol. The average molecular weight is 244 g/mol. The van der Waals surface area contributed by atoms with Gasteiger partial charge in [-0.3, -0.25) is 0 Å². The van der Waals surface area contributed by atoms with Crippen molar-refractivity contribution in [2.24, 2.45) is 0 Å². The lowest BCUT2D eigenvalue weighted by Gasteiger charge is -1.94. The molecule has 0 bridgehead atoms. The van der Waals surface area contributed by atoms with Gasteiger partial charge >= 0.3 is 0 Å². The molecule has 15 heavy (non-hydrogen) atoms. The highest BCUT2D eigenvalue weighted by atomic mass is 35.5. The summed E-state index contributed by atoms with van der Waals surface area (Å²) in [5, 5.41) is 4.27. The molecule has 0 saturated carbocycles. The SMILES string of the molecule is CCNCc1nc2cc(Cl)c(Cl)cc2[nH]1. The van der Waals surface area contributed by atoms with Crippen molar-refractivity contribution in [3.05, 3.63) is 28.0 Å². The van der Waals surface area contributed by atoms with Gasteiger partial charge < -0.3 is 10.3 Å². The third kappa shape index (κ3) is 2.25. The molecular formula is C10H11Cl2N3. The van der Waals surface area contributed by atoms with Gasteiger partial charge in [0.25, 0.3) is 0 Å². The summed E-state index contributed by atoms with van der Waals surface area (Å²) in [6.07, 6.45) is 0. The van der Waals surface area contributed by atoms with Gasteiger partial charge in [-0.2, -0.15) is 0 Å². The number of nitrogens with one attached hydrogen (secondary N) is 2.